The van der Waals surface area contributed by atoms with Gasteiger partial charge in [0, 0.05) is 39.3 Å². The van der Waals surface area contributed by atoms with Crippen LogP contribution in [-0.2, 0) is 10.8 Å². The molecule has 4 aliphatic carbocycles. The molecule has 1 heterocycles. The van der Waals surface area contributed by atoms with Crippen molar-refractivity contribution in [2.24, 2.45) is 0 Å². The normalized spacial score (nSPS) is 17.3. The van der Waals surface area contributed by atoms with Crippen LogP contribution in [0.15, 0.2) is 192 Å². The first-order valence-electron chi connectivity index (χ1n) is 19.6. The molecule has 0 aliphatic heterocycles. The van der Waals surface area contributed by atoms with E-state index in [-0.39, 0.29) is 5.41 Å². The van der Waals surface area contributed by atoms with Crippen LogP contribution < -0.4 is 4.90 Å². The van der Waals surface area contributed by atoms with E-state index in [0.29, 0.717) is 0 Å². The summed E-state index contributed by atoms with van der Waals surface area (Å²) in [6.07, 6.45) is 17.3. The van der Waals surface area contributed by atoms with Crippen LogP contribution in [0.4, 0.5) is 11.4 Å². The molecule has 1 spiro atoms. The summed E-state index contributed by atoms with van der Waals surface area (Å²) in [5, 5.41) is 2.27. The lowest BCUT2D eigenvalue weighted by molar-refractivity contribution is 0.563. The van der Waals surface area contributed by atoms with Crippen molar-refractivity contribution in [1.82, 2.24) is 0 Å². The minimum Gasteiger partial charge on any atom is -0.456 e. The summed E-state index contributed by atoms with van der Waals surface area (Å²) >= 11 is 0. The summed E-state index contributed by atoms with van der Waals surface area (Å²) in [5.41, 5.74) is 17.9. The van der Waals surface area contributed by atoms with Crippen LogP contribution in [0.5, 0.6) is 0 Å². The van der Waals surface area contributed by atoms with Gasteiger partial charge in [0.15, 0.2) is 0 Å². The van der Waals surface area contributed by atoms with E-state index < -0.39 is 5.41 Å². The van der Waals surface area contributed by atoms with Gasteiger partial charge >= 0.3 is 0 Å². The molecule has 0 saturated heterocycles. The zero-order valence-electron chi connectivity index (χ0n) is 31.2. The zero-order chi connectivity index (χ0) is 36.7. The Morgan fingerprint density at radius 3 is 1.96 bits per heavy atom. The predicted molar refractivity (Wildman–Crippen MR) is 229 cm³/mol. The van der Waals surface area contributed by atoms with Gasteiger partial charge in [0.2, 0.25) is 0 Å². The number of hydrogen-bond acceptors (Lipinski definition) is 2. The van der Waals surface area contributed by atoms with Crippen LogP contribution in [0.2, 0.25) is 0 Å². The maximum absolute atomic E-state index is 6.50. The smallest absolute Gasteiger partial charge is 0.137 e. The number of para-hydroxylation sites is 1. The molecule has 264 valence electrons. The number of anilines is 2. The van der Waals surface area contributed by atoms with Gasteiger partial charge in [-0.05, 0) is 111 Å². The molecule has 0 bridgehead atoms. The van der Waals surface area contributed by atoms with E-state index in [1.54, 1.807) is 0 Å². The first kappa shape index (κ1) is 32.1. The lowest BCUT2D eigenvalue weighted by atomic mass is 9.55. The number of furan rings is 1. The van der Waals surface area contributed by atoms with Gasteiger partial charge in [-0.25, -0.2) is 0 Å². The van der Waals surface area contributed by atoms with Gasteiger partial charge in [-0.1, -0.05) is 147 Å². The van der Waals surface area contributed by atoms with Crippen LogP contribution in [0.3, 0.4) is 0 Å². The fourth-order valence-corrected chi connectivity index (χ4v) is 10.1. The molecule has 2 heteroatoms. The monoisotopic (exact) mass is 707 g/mol. The molecular weight excluding hydrogens is 667 g/mol. The molecule has 0 fully saturated rings. The van der Waals surface area contributed by atoms with Gasteiger partial charge < -0.3 is 9.32 Å². The molecule has 2 nitrogen and oxygen atoms in total. The SMILES string of the molecule is CC1(C)c2ccccc2C2(C3=CC(N(c4ccc(C5=CCCC=C5)cc4)c4ccc5c(c4)oc4ccccc45)=CCC=C3c3ccccc32)c2ccccc21. The molecule has 11 rings (SSSR count). The summed E-state index contributed by atoms with van der Waals surface area (Å²) in [6.45, 7) is 4.78. The average molecular weight is 708 g/mol. The van der Waals surface area contributed by atoms with E-state index >= 15 is 0 Å². The lowest BCUT2D eigenvalue weighted by Crippen LogP contribution is -2.40. The van der Waals surface area contributed by atoms with Crippen molar-refractivity contribution in [3.8, 4) is 0 Å². The Bertz CT molecular complexity index is 2820. The number of fused-ring (bicyclic) bond motifs is 12. The Kier molecular flexibility index (Phi) is 7.04. The van der Waals surface area contributed by atoms with E-state index in [1.165, 1.54) is 55.7 Å². The number of benzene rings is 6. The van der Waals surface area contributed by atoms with Crippen molar-refractivity contribution in [3.63, 3.8) is 0 Å². The van der Waals surface area contributed by atoms with E-state index in [2.05, 4.69) is 189 Å². The van der Waals surface area contributed by atoms with Gasteiger partial charge in [0.1, 0.15) is 11.2 Å². The topological polar surface area (TPSA) is 16.4 Å². The third-order valence-electron chi connectivity index (χ3n) is 12.6. The molecular formula is C53H41NO. The fourth-order valence-electron chi connectivity index (χ4n) is 10.1. The molecule has 55 heavy (non-hydrogen) atoms. The van der Waals surface area contributed by atoms with Crippen molar-refractivity contribution in [2.75, 3.05) is 4.90 Å². The Morgan fingerprint density at radius 1 is 0.564 bits per heavy atom. The van der Waals surface area contributed by atoms with Crippen molar-refractivity contribution >= 4 is 44.5 Å². The summed E-state index contributed by atoms with van der Waals surface area (Å²) in [7, 11) is 0. The number of hydrogen-bond donors (Lipinski definition) is 0. The number of rotatable bonds is 4. The Morgan fingerprint density at radius 2 is 1.22 bits per heavy atom. The van der Waals surface area contributed by atoms with Gasteiger partial charge in [-0.15, -0.1) is 0 Å². The van der Waals surface area contributed by atoms with Crippen LogP contribution >= 0.6 is 0 Å². The van der Waals surface area contributed by atoms with Crippen LogP contribution in [0, 0.1) is 0 Å². The van der Waals surface area contributed by atoms with Gasteiger partial charge in [0.05, 0.1) is 5.41 Å². The molecule has 6 aromatic carbocycles. The summed E-state index contributed by atoms with van der Waals surface area (Å²) in [5.74, 6) is 0. The Hall–Kier alpha value is -6.38. The lowest BCUT2D eigenvalue weighted by Gasteiger charge is -2.47. The average Bonchev–Trinajstić information content (AvgIpc) is 3.64. The highest BCUT2D eigenvalue weighted by Gasteiger charge is 2.54. The maximum atomic E-state index is 6.50. The predicted octanol–water partition coefficient (Wildman–Crippen LogP) is 13.7. The molecule has 0 radical (unpaired) electrons. The van der Waals surface area contributed by atoms with E-state index in [9.17, 15) is 0 Å². The van der Waals surface area contributed by atoms with Crippen LogP contribution in [0.1, 0.15) is 72.1 Å². The van der Waals surface area contributed by atoms with Crippen molar-refractivity contribution < 1.29 is 4.42 Å². The molecule has 7 aromatic rings. The number of nitrogens with zero attached hydrogens (tertiary/aromatic N) is 1. The van der Waals surface area contributed by atoms with Crippen LogP contribution in [0.25, 0.3) is 33.1 Å². The minimum atomic E-state index is -0.480. The second-order valence-electron chi connectivity index (χ2n) is 15.9. The fraction of sp³-hybridized carbons (Fsp3) is 0.132. The summed E-state index contributed by atoms with van der Waals surface area (Å²) < 4.78 is 6.50. The molecule has 0 atom stereocenters. The van der Waals surface area contributed by atoms with E-state index in [0.717, 1.165) is 58.3 Å². The highest BCUT2D eigenvalue weighted by atomic mass is 16.3. The molecule has 0 amide bonds. The largest absolute Gasteiger partial charge is 0.456 e. The summed E-state index contributed by atoms with van der Waals surface area (Å²) in [6, 6.07) is 51.7. The first-order chi connectivity index (χ1) is 27.0. The minimum absolute atomic E-state index is 0.150. The third kappa shape index (κ3) is 4.61. The van der Waals surface area contributed by atoms with Crippen molar-refractivity contribution in [2.45, 2.75) is 43.9 Å². The van der Waals surface area contributed by atoms with Gasteiger partial charge in [-0.2, -0.15) is 0 Å². The highest BCUT2D eigenvalue weighted by molar-refractivity contribution is 6.06. The van der Waals surface area contributed by atoms with E-state index in [4.69, 9.17) is 4.42 Å². The Balaban J connectivity index is 1.16. The molecule has 0 saturated carbocycles. The van der Waals surface area contributed by atoms with Crippen molar-refractivity contribution in [3.05, 3.63) is 226 Å². The number of allylic oxidation sites excluding steroid dienone is 9. The van der Waals surface area contributed by atoms with Crippen molar-refractivity contribution in [1.29, 1.82) is 0 Å². The second kappa shape index (κ2) is 12.1. The third-order valence-corrected chi connectivity index (χ3v) is 12.6. The quantitative estimate of drug-likeness (QED) is 0.181. The standard InChI is InChI=1S/C53H41NO/c1-52(2)45-22-9-11-24-47(45)53(48-25-12-10-23-46(48)52)44-21-8-6-18-40(44)41-20-14-17-38(33-49(41)53)54(37-29-27-36(28-30-37)35-15-4-3-5-16-35)39-31-32-43-42-19-7-13-26-50(42)55-51(43)34-39/h4,6-13,15-34H,3,5,14H2,1-2H3. The summed E-state index contributed by atoms with van der Waals surface area (Å²) in [4.78, 5) is 2.44. The second-order valence-corrected chi connectivity index (χ2v) is 15.9. The van der Waals surface area contributed by atoms with Crippen LogP contribution in [-0.4, -0.2) is 0 Å². The van der Waals surface area contributed by atoms with E-state index in [1.807, 2.05) is 6.07 Å². The maximum Gasteiger partial charge on any atom is 0.137 e. The Labute approximate surface area is 322 Å². The van der Waals surface area contributed by atoms with Gasteiger partial charge in [0.25, 0.3) is 0 Å². The molecule has 0 N–H and O–H groups in total. The van der Waals surface area contributed by atoms with Gasteiger partial charge in [-0.3, -0.25) is 0 Å². The molecule has 0 unspecified atom stereocenters. The zero-order valence-corrected chi connectivity index (χ0v) is 31.2. The first-order valence-corrected chi connectivity index (χ1v) is 19.6. The highest BCUT2D eigenvalue weighted by Crippen LogP contribution is 2.63. The molecule has 1 aromatic heterocycles. The molecule has 4 aliphatic rings.